The lowest BCUT2D eigenvalue weighted by molar-refractivity contribution is -0.175. The number of halogens is 3. The highest BCUT2D eigenvalue weighted by Gasteiger charge is 2.41. The monoisotopic (exact) mass is 379 g/mol. The first kappa shape index (κ1) is 20.5. The first-order valence-electron chi connectivity index (χ1n) is 8.39. The smallest absolute Gasteiger partial charge is 0.467 e. The first-order valence-corrected chi connectivity index (χ1v) is 8.39. The van der Waals surface area contributed by atoms with Crippen LogP contribution < -0.4 is 5.32 Å². The first-order chi connectivity index (χ1) is 12.8. The predicted octanol–water partition coefficient (Wildman–Crippen LogP) is 3.68. The van der Waals surface area contributed by atoms with E-state index in [0.29, 0.717) is 5.56 Å². The molecule has 0 aliphatic rings. The zero-order valence-corrected chi connectivity index (χ0v) is 15.0. The minimum Gasteiger partial charge on any atom is -0.467 e. The fraction of sp³-hybridized carbons (Fsp3) is 0.300. The quantitative estimate of drug-likeness (QED) is 0.779. The van der Waals surface area contributed by atoms with Gasteiger partial charge in [0.25, 0.3) is 0 Å². The van der Waals surface area contributed by atoms with Crippen LogP contribution in [-0.4, -0.2) is 31.2 Å². The number of ether oxygens (including phenoxy) is 1. The van der Waals surface area contributed by atoms with E-state index in [9.17, 15) is 22.8 Å². The summed E-state index contributed by atoms with van der Waals surface area (Å²) < 4.78 is 42.3. The summed E-state index contributed by atoms with van der Waals surface area (Å²) in [6.45, 7) is 2.03. The lowest BCUT2D eigenvalue weighted by Crippen LogP contribution is -2.48. The van der Waals surface area contributed by atoms with Crippen molar-refractivity contribution in [3.63, 3.8) is 0 Å². The SMILES string of the molecule is CCc1ccc(-c2ccccc2C[C@H](NC(=O)C(F)(F)F)C(=O)OC)cc1. The summed E-state index contributed by atoms with van der Waals surface area (Å²) in [5.41, 5.74) is 3.42. The minimum absolute atomic E-state index is 0.125. The van der Waals surface area contributed by atoms with Crippen LogP contribution in [0.1, 0.15) is 18.1 Å². The minimum atomic E-state index is -5.08. The van der Waals surface area contributed by atoms with Crippen LogP contribution in [0.3, 0.4) is 0 Å². The van der Waals surface area contributed by atoms with Crippen LogP contribution in [0.15, 0.2) is 48.5 Å². The normalized spacial score (nSPS) is 12.3. The van der Waals surface area contributed by atoms with Crippen molar-refractivity contribution in [1.29, 1.82) is 0 Å². The maximum atomic E-state index is 12.6. The second-order valence-corrected chi connectivity index (χ2v) is 5.96. The Balaban J connectivity index is 2.32. The van der Waals surface area contributed by atoms with Gasteiger partial charge in [-0.25, -0.2) is 4.79 Å². The molecule has 0 aliphatic carbocycles. The molecule has 0 saturated heterocycles. The van der Waals surface area contributed by atoms with Crippen LogP contribution in [-0.2, 0) is 27.2 Å². The zero-order valence-electron chi connectivity index (χ0n) is 15.0. The molecule has 4 nitrogen and oxygen atoms in total. The molecule has 27 heavy (non-hydrogen) atoms. The standard InChI is InChI=1S/C20H20F3NO3/c1-3-13-8-10-14(11-9-13)16-7-5-4-6-15(16)12-17(18(25)27-2)24-19(26)20(21,22)23/h4-11,17H,3,12H2,1-2H3,(H,24,26)/t17-/m0/s1. The molecule has 0 heterocycles. The molecule has 1 N–H and O–H groups in total. The van der Waals surface area contributed by atoms with Crippen molar-refractivity contribution < 1.29 is 27.5 Å². The van der Waals surface area contributed by atoms with Gasteiger partial charge in [-0.1, -0.05) is 55.5 Å². The summed E-state index contributed by atoms with van der Waals surface area (Å²) in [4.78, 5) is 23.2. The Labute approximate surface area is 155 Å². The average Bonchev–Trinajstić information content (AvgIpc) is 2.66. The summed E-state index contributed by atoms with van der Waals surface area (Å²) in [6, 6.07) is 13.4. The van der Waals surface area contributed by atoms with Crippen LogP contribution in [0, 0.1) is 0 Å². The molecule has 0 spiro atoms. The third-order valence-electron chi connectivity index (χ3n) is 4.16. The summed E-state index contributed by atoms with van der Waals surface area (Å²) in [6.07, 6.45) is -4.32. The van der Waals surface area contributed by atoms with Crippen LogP contribution in [0.4, 0.5) is 13.2 Å². The Morgan fingerprint density at radius 1 is 1.07 bits per heavy atom. The molecule has 0 saturated carbocycles. The molecular formula is C20H20F3NO3. The highest BCUT2D eigenvalue weighted by atomic mass is 19.4. The number of hydrogen-bond acceptors (Lipinski definition) is 3. The number of rotatable bonds is 6. The number of benzene rings is 2. The van der Waals surface area contributed by atoms with Crippen molar-refractivity contribution in [2.24, 2.45) is 0 Å². The van der Waals surface area contributed by atoms with Crippen molar-refractivity contribution in [3.8, 4) is 11.1 Å². The summed E-state index contributed by atoms with van der Waals surface area (Å²) in [5.74, 6) is -3.12. The van der Waals surface area contributed by atoms with Gasteiger partial charge in [0.2, 0.25) is 0 Å². The Morgan fingerprint density at radius 2 is 1.70 bits per heavy atom. The number of alkyl halides is 3. The molecule has 0 bridgehead atoms. The third-order valence-corrected chi connectivity index (χ3v) is 4.16. The van der Waals surface area contributed by atoms with Crippen LogP contribution in [0.5, 0.6) is 0 Å². The molecule has 0 fully saturated rings. The molecule has 144 valence electrons. The number of aryl methyl sites for hydroxylation is 1. The lowest BCUT2D eigenvalue weighted by Gasteiger charge is -2.19. The second kappa shape index (κ2) is 8.70. The molecule has 2 rings (SSSR count). The largest absolute Gasteiger partial charge is 0.471 e. The fourth-order valence-electron chi connectivity index (χ4n) is 2.70. The number of methoxy groups -OCH3 is 1. The van der Waals surface area contributed by atoms with Gasteiger partial charge in [0.05, 0.1) is 7.11 Å². The topological polar surface area (TPSA) is 55.4 Å². The van der Waals surface area contributed by atoms with Gasteiger partial charge in [0.1, 0.15) is 6.04 Å². The van der Waals surface area contributed by atoms with Gasteiger partial charge >= 0.3 is 18.1 Å². The van der Waals surface area contributed by atoms with Crippen LogP contribution in [0.2, 0.25) is 0 Å². The number of hydrogen-bond donors (Lipinski definition) is 1. The van der Waals surface area contributed by atoms with E-state index in [0.717, 1.165) is 30.2 Å². The van der Waals surface area contributed by atoms with Gasteiger partial charge in [0.15, 0.2) is 0 Å². The lowest BCUT2D eigenvalue weighted by atomic mass is 9.94. The Morgan fingerprint density at radius 3 is 2.26 bits per heavy atom. The molecule has 2 aromatic rings. The Bertz CT molecular complexity index is 801. The molecule has 0 aliphatic heterocycles. The van der Waals surface area contributed by atoms with Gasteiger partial charge in [-0.05, 0) is 28.7 Å². The van der Waals surface area contributed by atoms with E-state index in [2.05, 4.69) is 4.74 Å². The summed E-state index contributed by atoms with van der Waals surface area (Å²) >= 11 is 0. The number of esters is 1. The van der Waals surface area contributed by atoms with Crippen LogP contribution >= 0.6 is 0 Å². The molecule has 2 aromatic carbocycles. The third kappa shape index (κ3) is 5.32. The summed E-state index contributed by atoms with van der Waals surface area (Å²) in [5, 5.41) is 1.71. The number of carbonyl (C=O) groups excluding carboxylic acids is 2. The van der Waals surface area contributed by atoms with Gasteiger partial charge < -0.3 is 10.1 Å². The molecule has 1 amide bonds. The van der Waals surface area contributed by atoms with E-state index in [1.54, 1.807) is 23.5 Å². The second-order valence-electron chi connectivity index (χ2n) is 5.96. The van der Waals surface area contributed by atoms with Gasteiger partial charge in [-0.15, -0.1) is 0 Å². The van der Waals surface area contributed by atoms with E-state index in [4.69, 9.17) is 0 Å². The molecule has 0 unspecified atom stereocenters. The van der Waals surface area contributed by atoms with Crippen molar-refractivity contribution in [1.82, 2.24) is 5.32 Å². The van der Waals surface area contributed by atoms with E-state index in [1.165, 1.54) is 0 Å². The zero-order chi connectivity index (χ0) is 20.0. The Kier molecular flexibility index (Phi) is 6.60. The predicted molar refractivity (Wildman–Crippen MR) is 95.0 cm³/mol. The average molecular weight is 379 g/mol. The van der Waals surface area contributed by atoms with E-state index in [-0.39, 0.29) is 6.42 Å². The molecule has 7 heteroatoms. The Hall–Kier alpha value is -2.83. The van der Waals surface area contributed by atoms with Gasteiger partial charge in [-0.3, -0.25) is 4.79 Å². The number of amides is 1. The van der Waals surface area contributed by atoms with Crippen molar-refractivity contribution in [3.05, 3.63) is 59.7 Å². The molecule has 0 radical (unpaired) electrons. The van der Waals surface area contributed by atoms with Gasteiger partial charge in [-0.2, -0.15) is 13.2 Å². The number of carbonyl (C=O) groups is 2. The van der Waals surface area contributed by atoms with E-state index >= 15 is 0 Å². The summed E-state index contributed by atoms with van der Waals surface area (Å²) in [7, 11) is 1.06. The highest BCUT2D eigenvalue weighted by molar-refractivity contribution is 5.88. The van der Waals surface area contributed by atoms with Crippen molar-refractivity contribution >= 4 is 11.9 Å². The maximum absolute atomic E-state index is 12.6. The molecule has 1 atom stereocenters. The maximum Gasteiger partial charge on any atom is 0.471 e. The molecular weight excluding hydrogens is 359 g/mol. The fourth-order valence-corrected chi connectivity index (χ4v) is 2.70. The molecule has 0 aromatic heterocycles. The van der Waals surface area contributed by atoms with Crippen molar-refractivity contribution in [2.75, 3.05) is 7.11 Å². The van der Waals surface area contributed by atoms with Gasteiger partial charge in [0, 0.05) is 6.42 Å². The highest BCUT2D eigenvalue weighted by Crippen LogP contribution is 2.26. The van der Waals surface area contributed by atoms with Crippen LogP contribution in [0.25, 0.3) is 11.1 Å². The van der Waals surface area contributed by atoms with Crippen molar-refractivity contribution in [2.45, 2.75) is 32.0 Å². The van der Waals surface area contributed by atoms with E-state index in [1.807, 2.05) is 37.3 Å². The van der Waals surface area contributed by atoms with E-state index < -0.39 is 24.1 Å². The number of nitrogens with one attached hydrogen (secondary N) is 1.